The predicted octanol–water partition coefficient (Wildman–Crippen LogP) is 4.86. The van der Waals surface area contributed by atoms with Crippen LogP contribution in [0.5, 0.6) is 0 Å². The summed E-state index contributed by atoms with van der Waals surface area (Å²) in [6.07, 6.45) is -2.68. The van der Waals surface area contributed by atoms with Crippen LogP contribution in [0.2, 0.25) is 5.02 Å². The Hall–Kier alpha value is -2.98. The lowest BCUT2D eigenvalue weighted by atomic mass is 10.1. The molecule has 0 aliphatic carbocycles. The molecule has 1 aromatic carbocycles. The van der Waals surface area contributed by atoms with E-state index in [1.54, 1.807) is 24.3 Å². The number of halogens is 4. The van der Waals surface area contributed by atoms with Gasteiger partial charge < -0.3 is 5.32 Å². The number of alkyl halides is 3. The van der Waals surface area contributed by atoms with Crippen molar-refractivity contribution in [3.63, 3.8) is 0 Å². The molecule has 0 radical (unpaired) electrons. The first-order chi connectivity index (χ1) is 14.5. The molecule has 0 spiro atoms. The van der Waals surface area contributed by atoms with Gasteiger partial charge in [-0.2, -0.15) is 13.2 Å². The van der Waals surface area contributed by atoms with Crippen LogP contribution in [-0.2, 0) is 16.0 Å². The number of carbonyl (C=O) groups is 1. The summed E-state index contributed by atoms with van der Waals surface area (Å²) in [6, 6.07) is 9.65. The molecule has 1 N–H and O–H groups in total. The summed E-state index contributed by atoms with van der Waals surface area (Å²) in [5.41, 5.74) is -0.278. The van der Waals surface area contributed by atoms with Crippen molar-refractivity contribution in [2.24, 2.45) is 0 Å². The number of nitrogens with one attached hydrogen (secondary N) is 1. The van der Waals surface area contributed by atoms with Gasteiger partial charge in [0, 0.05) is 23.0 Å². The maximum Gasteiger partial charge on any atom is 0.417 e. The quantitative estimate of drug-likeness (QED) is 0.576. The van der Waals surface area contributed by atoms with Crippen LogP contribution in [0.4, 0.5) is 19.0 Å². The summed E-state index contributed by atoms with van der Waals surface area (Å²) in [4.78, 5) is 19.9. The minimum atomic E-state index is -4.57. The highest BCUT2D eigenvalue weighted by molar-refractivity contribution is 7.91. The number of nitrogens with zero attached hydrogens (tertiary/aromatic N) is 2. The minimum Gasteiger partial charge on any atom is -0.305 e. The van der Waals surface area contributed by atoms with Gasteiger partial charge in [-0.05, 0) is 35.9 Å². The predicted molar refractivity (Wildman–Crippen MR) is 110 cm³/mol. The average Bonchev–Trinajstić information content (AvgIpc) is 2.73. The SMILES string of the molecule is CCS(=O)(=O)c1cc(-c2ccc(Cl)cc2)cnc1C(=O)Nc1ccc(C(F)(F)F)cn1. The Morgan fingerprint density at radius 3 is 2.26 bits per heavy atom. The monoisotopic (exact) mass is 469 g/mol. The van der Waals surface area contributed by atoms with E-state index in [0.717, 1.165) is 12.1 Å². The number of hydrogen-bond acceptors (Lipinski definition) is 5. The maximum absolute atomic E-state index is 12.7. The summed E-state index contributed by atoms with van der Waals surface area (Å²) in [7, 11) is -3.85. The molecule has 0 atom stereocenters. The van der Waals surface area contributed by atoms with Crippen LogP contribution in [0.15, 0.2) is 59.8 Å². The highest BCUT2D eigenvalue weighted by atomic mass is 35.5. The molecular formula is C20H15ClF3N3O3S. The van der Waals surface area contributed by atoms with Gasteiger partial charge in [0.15, 0.2) is 9.84 Å². The van der Waals surface area contributed by atoms with E-state index >= 15 is 0 Å². The topological polar surface area (TPSA) is 89.0 Å². The standard InChI is InChI=1S/C20H15ClF3N3O3S/c1-2-31(29,30)16-9-13(12-3-6-15(21)7-4-12)10-26-18(16)19(28)27-17-8-5-14(11-25-17)20(22,23)24/h3-11H,2H2,1H3,(H,25,27,28). The molecule has 0 bridgehead atoms. The molecule has 31 heavy (non-hydrogen) atoms. The number of amides is 1. The Morgan fingerprint density at radius 1 is 1.03 bits per heavy atom. The maximum atomic E-state index is 12.7. The Labute approximate surface area is 181 Å². The molecule has 6 nitrogen and oxygen atoms in total. The van der Waals surface area contributed by atoms with Crippen molar-refractivity contribution in [2.75, 3.05) is 11.1 Å². The van der Waals surface area contributed by atoms with Gasteiger partial charge in [-0.1, -0.05) is 30.7 Å². The molecule has 11 heteroatoms. The van der Waals surface area contributed by atoms with Crippen molar-refractivity contribution >= 4 is 33.2 Å². The first-order valence-electron chi connectivity index (χ1n) is 8.84. The van der Waals surface area contributed by atoms with E-state index < -0.39 is 27.5 Å². The first kappa shape index (κ1) is 22.7. The van der Waals surface area contributed by atoms with E-state index in [4.69, 9.17) is 11.6 Å². The Kier molecular flexibility index (Phi) is 6.33. The third-order valence-electron chi connectivity index (χ3n) is 4.29. The van der Waals surface area contributed by atoms with Crippen molar-refractivity contribution in [1.29, 1.82) is 0 Å². The molecule has 0 saturated carbocycles. The number of hydrogen-bond donors (Lipinski definition) is 1. The highest BCUT2D eigenvalue weighted by Crippen LogP contribution is 2.29. The summed E-state index contributed by atoms with van der Waals surface area (Å²) in [5.74, 6) is -1.37. The zero-order chi connectivity index (χ0) is 22.8. The Bertz CT molecular complexity index is 1210. The normalized spacial score (nSPS) is 11.9. The average molecular weight is 470 g/mol. The molecule has 162 valence electrons. The third-order valence-corrected chi connectivity index (χ3v) is 6.29. The van der Waals surface area contributed by atoms with Crippen molar-refractivity contribution < 1.29 is 26.4 Å². The lowest BCUT2D eigenvalue weighted by Crippen LogP contribution is -2.20. The molecule has 0 unspecified atom stereocenters. The van der Waals surface area contributed by atoms with Crippen molar-refractivity contribution in [1.82, 2.24) is 9.97 Å². The van der Waals surface area contributed by atoms with Gasteiger partial charge in [0.05, 0.1) is 16.2 Å². The number of sulfone groups is 1. The zero-order valence-corrected chi connectivity index (χ0v) is 17.5. The molecule has 0 aliphatic rings. The van der Waals surface area contributed by atoms with Crippen molar-refractivity contribution in [3.05, 3.63) is 71.1 Å². The highest BCUT2D eigenvalue weighted by Gasteiger charge is 2.31. The number of rotatable bonds is 5. The summed E-state index contributed by atoms with van der Waals surface area (Å²) < 4.78 is 63.2. The second-order valence-electron chi connectivity index (χ2n) is 6.37. The number of aromatic nitrogens is 2. The number of pyridine rings is 2. The first-order valence-corrected chi connectivity index (χ1v) is 10.9. The van der Waals surface area contributed by atoms with Gasteiger partial charge in [-0.25, -0.2) is 18.4 Å². The van der Waals surface area contributed by atoms with E-state index in [0.29, 0.717) is 22.3 Å². The molecule has 3 rings (SSSR count). The molecule has 3 aromatic rings. The van der Waals surface area contributed by atoms with Crippen molar-refractivity contribution in [2.45, 2.75) is 18.0 Å². The number of benzene rings is 1. The second-order valence-corrected chi connectivity index (χ2v) is 9.05. The molecule has 2 heterocycles. The molecular weight excluding hydrogens is 455 g/mol. The molecule has 2 aromatic heterocycles. The van der Waals surface area contributed by atoms with Gasteiger partial charge >= 0.3 is 6.18 Å². The molecule has 0 aliphatic heterocycles. The molecule has 1 amide bonds. The molecule has 0 fully saturated rings. The summed E-state index contributed by atoms with van der Waals surface area (Å²) in [6.45, 7) is 1.42. The van der Waals surface area contributed by atoms with Gasteiger partial charge in [0.1, 0.15) is 11.5 Å². The van der Waals surface area contributed by atoms with Crippen LogP contribution in [-0.4, -0.2) is 30.0 Å². The summed E-state index contributed by atoms with van der Waals surface area (Å²) >= 11 is 5.87. The van der Waals surface area contributed by atoms with Gasteiger partial charge in [0.25, 0.3) is 5.91 Å². The van der Waals surface area contributed by atoms with Crippen LogP contribution >= 0.6 is 11.6 Å². The van der Waals surface area contributed by atoms with Crippen LogP contribution < -0.4 is 5.32 Å². The lowest BCUT2D eigenvalue weighted by Gasteiger charge is -2.12. The van der Waals surface area contributed by atoms with E-state index in [-0.39, 0.29) is 22.2 Å². The fourth-order valence-electron chi connectivity index (χ4n) is 2.62. The lowest BCUT2D eigenvalue weighted by molar-refractivity contribution is -0.137. The van der Waals surface area contributed by atoms with Gasteiger partial charge in [-0.3, -0.25) is 4.79 Å². The van der Waals surface area contributed by atoms with Crippen LogP contribution in [0.3, 0.4) is 0 Å². The van der Waals surface area contributed by atoms with Crippen LogP contribution in [0.25, 0.3) is 11.1 Å². The smallest absolute Gasteiger partial charge is 0.305 e. The third kappa shape index (κ3) is 5.20. The van der Waals surface area contributed by atoms with E-state index in [1.807, 2.05) is 0 Å². The van der Waals surface area contributed by atoms with Crippen LogP contribution in [0.1, 0.15) is 23.0 Å². The van der Waals surface area contributed by atoms with E-state index in [2.05, 4.69) is 15.3 Å². The fraction of sp³-hybridized carbons (Fsp3) is 0.150. The van der Waals surface area contributed by atoms with E-state index in [1.165, 1.54) is 19.2 Å². The van der Waals surface area contributed by atoms with E-state index in [9.17, 15) is 26.4 Å². The number of anilines is 1. The Balaban J connectivity index is 1.97. The molecule has 0 saturated heterocycles. The fourth-order valence-corrected chi connectivity index (χ4v) is 3.80. The summed E-state index contributed by atoms with van der Waals surface area (Å²) in [5, 5.41) is 2.78. The minimum absolute atomic E-state index is 0.179. The zero-order valence-electron chi connectivity index (χ0n) is 15.9. The van der Waals surface area contributed by atoms with Crippen molar-refractivity contribution in [3.8, 4) is 11.1 Å². The van der Waals surface area contributed by atoms with Gasteiger partial charge in [0.2, 0.25) is 0 Å². The largest absolute Gasteiger partial charge is 0.417 e. The second kappa shape index (κ2) is 8.64. The number of carbonyl (C=O) groups excluding carboxylic acids is 1. The Morgan fingerprint density at radius 2 is 1.71 bits per heavy atom. The van der Waals surface area contributed by atoms with Gasteiger partial charge in [-0.15, -0.1) is 0 Å². The van der Waals surface area contributed by atoms with Crippen LogP contribution in [0, 0.1) is 0 Å².